The van der Waals surface area contributed by atoms with Crippen LogP contribution in [0.3, 0.4) is 0 Å². The lowest BCUT2D eigenvalue weighted by Gasteiger charge is -2.15. The van der Waals surface area contributed by atoms with Gasteiger partial charge in [-0.05, 0) is 19.1 Å². The van der Waals surface area contributed by atoms with Gasteiger partial charge in [0.05, 0.1) is 0 Å². The summed E-state index contributed by atoms with van der Waals surface area (Å²) in [6.45, 7) is 1.58. The van der Waals surface area contributed by atoms with Gasteiger partial charge in [0.15, 0.2) is 5.15 Å². The first-order chi connectivity index (χ1) is 9.50. The van der Waals surface area contributed by atoms with Gasteiger partial charge in [-0.25, -0.2) is 4.98 Å². The number of para-hydroxylation sites is 1. The van der Waals surface area contributed by atoms with Crippen LogP contribution in [0.4, 0.5) is 11.4 Å². The number of hydrogen-bond acceptors (Lipinski definition) is 4. The average molecular weight is 293 g/mol. The monoisotopic (exact) mass is 292 g/mol. The topological polar surface area (TPSA) is 90.0 Å². The fraction of sp³-hybridized carbons (Fsp3) is 0.154. The summed E-state index contributed by atoms with van der Waals surface area (Å²) in [5.41, 5.74) is 5.45. The minimum Gasteiger partial charge on any atom is -0.392 e. The van der Waals surface area contributed by atoms with Crippen molar-refractivity contribution in [3.8, 4) is 0 Å². The van der Waals surface area contributed by atoms with Gasteiger partial charge in [-0.15, -0.1) is 0 Å². The van der Waals surface area contributed by atoms with Crippen LogP contribution in [-0.4, -0.2) is 15.5 Å². The Bertz CT molecular complexity index is 685. The zero-order valence-electron chi connectivity index (χ0n) is 10.7. The van der Waals surface area contributed by atoms with Gasteiger partial charge in [0, 0.05) is 5.69 Å². The van der Waals surface area contributed by atoms with Crippen LogP contribution in [0.2, 0.25) is 5.15 Å². The number of hydrogen-bond donors (Lipinski definition) is 2. The molecule has 1 heterocycles. The lowest BCUT2D eigenvalue weighted by atomic mass is 10.2. The summed E-state index contributed by atoms with van der Waals surface area (Å²) >= 11 is 5.65. The Kier molecular flexibility index (Phi) is 4.05. The number of benzene rings is 1. The van der Waals surface area contributed by atoms with Gasteiger partial charge in [-0.1, -0.05) is 29.8 Å². The number of nitrogens with zero attached hydrogens (tertiary/aromatic N) is 2. The summed E-state index contributed by atoms with van der Waals surface area (Å²) in [5, 5.41) is 2.63. The first kappa shape index (κ1) is 14.1. The Morgan fingerprint density at radius 1 is 1.40 bits per heavy atom. The van der Waals surface area contributed by atoms with Gasteiger partial charge < -0.3 is 11.1 Å². The molecule has 1 aromatic carbocycles. The highest BCUT2D eigenvalue weighted by atomic mass is 35.5. The molecule has 0 saturated heterocycles. The molecule has 3 N–H and O–H groups in total. The van der Waals surface area contributed by atoms with Gasteiger partial charge in [0.2, 0.25) is 5.91 Å². The summed E-state index contributed by atoms with van der Waals surface area (Å²) in [5.74, 6) is -0.346. The maximum Gasteiger partial charge on any atom is 0.278 e. The Morgan fingerprint density at radius 2 is 2.05 bits per heavy atom. The second-order valence-corrected chi connectivity index (χ2v) is 4.55. The van der Waals surface area contributed by atoms with Gasteiger partial charge in [-0.2, -0.15) is 0 Å². The van der Waals surface area contributed by atoms with E-state index in [4.69, 9.17) is 17.3 Å². The van der Waals surface area contributed by atoms with Crippen molar-refractivity contribution in [2.45, 2.75) is 13.0 Å². The van der Waals surface area contributed by atoms with Gasteiger partial charge in [0.1, 0.15) is 18.1 Å². The maximum atomic E-state index is 12.1. The maximum absolute atomic E-state index is 12.1. The van der Waals surface area contributed by atoms with Crippen molar-refractivity contribution in [2.24, 2.45) is 0 Å². The molecular weight excluding hydrogens is 280 g/mol. The number of nitrogen functional groups attached to an aromatic ring is 1. The van der Waals surface area contributed by atoms with Crippen LogP contribution in [0.5, 0.6) is 0 Å². The summed E-state index contributed by atoms with van der Waals surface area (Å²) < 4.78 is 1.14. The molecule has 0 bridgehead atoms. The Balaban J connectivity index is 2.24. The number of amides is 1. The molecule has 1 atom stereocenters. The van der Waals surface area contributed by atoms with E-state index in [9.17, 15) is 9.59 Å². The fourth-order valence-electron chi connectivity index (χ4n) is 1.63. The molecule has 20 heavy (non-hydrogen) atoms. The normalized spacial score (nSPS) is 11.9. The SMILES string of the molecule is CC(C(=O)Nc1ccccc1)n1cnc(Cl)c(N)c1=O. The first-order valence-electron chi connectivity index (χ1n) is 5.88. The molecule has 6 nitrogen and oxygen atoms in total. The molecule has 2 aromatic rings. The van der Waals surface area contributed by atoms with Crippen LogP contribution in [0.25, 0.3) is 0 Å². The summed E-state index contributed by atoms with van der Waals surface area (Å²) in [4.78, 5) is 27.8. The van der Waals surface area contributed by atoms with Crippen molar-refractivity contribution in [1.82, 2.24) is 9.55 Å². The number of nitrogens with one attached hydrogen (secondary N) is 1. The average Bonchev–Trinajstić information content (AvgIpc) is 2.45. The minimum absolute atomic E-state index is 0.0677. The zero-order chi connectivity index (χ0) is 14.7. The van der Waals surface area contributed by atoms with E-state index in [1.165, 1.54) is 6.33 Å². The van der Waals surface area contributed by atoms with Gasteiger partial charge in [0.25, 0.3) is 5.56 Å². The van der Waals surface area contributed by atoms with Crippen LogP contribution in [-0.2, 0) is 4.79 Å². The van der Waals surface area contributed by atoms with E-state index < -0.39 is 11.6 Å². The van der Waals surface area contributed by atoms with E-state index in [0.717, 1.165) is 4.57 Å². The van der Waals surface area contributed by atoms with Crippen molar-refractivity contribution >= 4 is 28.9 Å². The van der Waals surface area contributed by atoms with Crippen LogP contribution in [0, 0.1) is 0 Å². The van der Waals surface area contributed by atoms with E-state index in [1.807, 2.05) is 6.07 Å². The Labute approximate surface area is 120 Å². The van der Waals surface area contributed by atoms with E-state index in [1.54, 1.807) is 31.2 Å². The molecule has 0 saturated carbocycles. The number of anilines is 2. The molecule has 1 unspecified atom stereocenters. The lowest BCUT2D eigenvalue weighted by Crippen LogP contribution is -2.33. The second-order valence-electron chi connectivity index (χ2n) is 4.19. The number of carbonyl (C=O) groups is 1. The smallest absolute Gasteiger partial charge is 0.278 e. The number of rotatable bonds is 3. The molecule has 0 aliphatic carbocycles. The number of aromatic nitrogens is 2. The zero-order valence-corrected chi connectivity index (χ0v) is 11.5. The molecule has 0 aliphatic rings. The highest BCUT2D eigenvalue weighted by Crippen LogP contribution is 2.13. The van der Waals surface area contributed by atoms with E-state index >= 15 is 0 Å². The van der Waals surface area contributed by atoms with Crippen LogP contribution in [0.1, 0.15) is 13.0 Å². The summed E-state index contributed by atoms with van der Waals surface area (Å²) in [6.07, 6.45) is 1.20. The second kappa shape index (κ2) is 5.75. The van der Waals surface area contributed by atoms with Gasteiger partial charge >= 0.3 is 0 Å². The quantitative estimate of drug-likeness (QED) is 0.842. The molecule has 0 aliphatic heterocycles. The van der Waals surface area contributed by atoms with E-state index in [0.29, 0.717) is 5.69 Å². The van der Waals surface area contributed by atoms with Crippen molar-refractivity contribution in [3.63, 3.8) is 0 Å². The molecule has 0 fully saturated rings. The molecule has 2 rings (SSSR count). The molecule has 0 radical (unpaired) electrons. The van der Waals surface area contributed by atoms with Gasteiger partial charge in [-0.3, -0.25) is 14.2 Å². The number of nitrogens with two attached hydrogens (primary N) is 1. The van der Waals surface area contributed by atoms with E-state index in [-0.39, 0.29) is 16.7 Å². The van der Waals surface area contributed by atoms with Crippen molar-refractivity contribution in [2.75, 3.05) is 11.1 Å². The third-order valence-corrected chi connectivity index (χ3v) is 3.12. The summed E-state index contributed by atoms with van der Waals surface area (Å²) in [6, 6.07) is 8.19. The molecule has 1 aromatic heterocycles. The molecule has 0 spiro atoms. The highest BCUT2D eigenvalue weighted by Gasteiger charge is 2.18. The third-order valence-electron chi connectivity index (χ3n) is 2.82. The van der Waals surface area contributed by atoms with Crippen LogP contribution >= 0.6 is 11.6 Å². The predicted molar refractivity (Wildman–Crippen MR) is 77.7 cm³/mol. The molecule has 1 amide bonds. The van der Waals surface area contributed by atoms with Crippen LogP contribution in [0.15, 0.2) is 41.5 Å². The third kappa shape index (κ3) is 2.80. The molecule has 7 heteroatoms. The predicted octanol–water partition coefficient (Wildman–Crippen LogP) is 1.68. The standard InChI is InChI=1S/C13H13ClN4O2/c1-8(12(19)17-9-5-3-2-4-6-9)18-7-16-11(14)10(15)13(18)20/h2-8H,15H2,1H3,(H,17,19). The lowest BCUT2D eigenvalue weighted by molar-refractivity contribution is -0.118. The van der Waals surface area contributed by atoms with Crippen molar-refractivity contribution < 1.29 is 4.79 Å². The highest BCUT2D eigenvalue weighted by molar-refractivity contribution is 6.31. The fourth-order valence-corrected chi connectivity index (χ4v) is 1.76. The minimum atomic E-state index is -0.755. The largest absolute Gasteiger partial charge is 0.392 e. The first-order valence-corrected chi connectivity index (χ1v) is 6.26. The Morgan fingerprint density at radius 3 is 2.70 bits per heavy atom. The van der Waals surface area contributed by atoms with E-state index in [2.05, 4.69) is 10.3 Å². The summed E-state index contributed by atoms with van der Waals surface area (Å²) in [7, 11) is 0. The van der Waals surface area contributed by atoms with Crippen molar-refractivity contribution in [3.05, 3.63) is 52.2 Å². The number of carbonyl (C=O) groups excluding carboxylic acids is 1. The van der Waals surface area contributed by atoms with Crippen molar-refractivity contribution in [1.29, 1.82) is 0 Å². The molecule has 104 valence electrons. The van der Waals surface area contributed by atoms with Crippen LogP contribution < -0.4 is 16.6 Å². The Hall–Kier alpha value is -2.34. The number of halogens is 1. The molecular formula is C13H13ClN4O2.